The molecule has 5 N–H and O–H groups in total. The third-order valence-corrected chi connectivity index (χ3v) is 6.95. The Hall–Kier alpha value is -3.24. The molecule has 150 valence electrons. The van der Waals surface area contributed by atoms with Crippen molar-refractivity contribution >= 4 is 57.3 Å². The van der Waals surface area contributed by atoms with Crippen LogP contribution in [-0.2, 0) is 16.3 Å². The number of fused-ring (bicyclic) bond motifs is 2. The van der Waals surface area contributed by atoms with E-state index < -0.39 is 0 Å². The van der Waals surface area contributed by atoms with Gasteiger partial charge in [-0.1, -0.05) is 29.4 Å². The van der Waals surface area contributed by atoms with Crippen LogP contribution in [0, 0.1) is 5.41 Å². The van der Waals surface area contributed by atoms with Crippen molar-refractivity contribution in [2.45, 2.75) is 11.5 Å². The van der Waals surface area contributed by atoms with Gasteiger partial charge in [-0.2, -0.15) is 0 Å². The number of hydrogen-bond donors (Lipinski definition) is 4. The SMILES string of the molecule is N=C1ON=C(N)C1=C(SCc1nc2ccccc2[nH]1)SCc1nc2ccccc2[nH]1. The van der Waals surface area contributed by atoms with Crippen LogP contribution >= 0.6 is 23.5 Å². The Morgan fingerprint density at radius 2 is 1.43 bits per heavy atom. The van der Waals surface area contributed by atoms with Crippen molar-refractivity contribution in [1.82, 2.24) is 19.9 Å². The first kappa shape index (κ1) is 18.8. The van der Waals surface area contributed by atoms with Gasteiger partial charge in [-0.3, -0.25) is 5.41 Å². The van der Waals surface area contributed by atoms with Gasteiger partial charge in [-0.05, 0) is 24.3 Å². The van der Waals surface area contributed by atoms with Crippen molar-refractivity contribution < 1.29 is 4.84 Å². The van der Waals surface area contributed by atoms with Crippen molar-refractivity contribution in [3.8, 4) is 0 Å². The van der Waals surface area contributed by atoms with Crippen LogP contribution in [0.5, 0.6) is 0 Å². The molecule has 4 aromatic rings. The average Bonchev–Trinajstić information content (AvgIpc) is 3.45. The normalized spacial score (nSPS) is 13.8. The molecule has 0 atom stereocenters. The maximum absolute atomic E-state index is 8.06. The fourth-order valence-corrected chi connectivity index (χ4v) is 5.28. The Bertz CT molecular complexity index is 1170. The van der Waals surface area contributed by atoms with Crippen LogP contribution in [0.25, 0.3) is 22.1 Å². The van der Waals surface area contributed by atoms with E-state index in [2.05, 4.69) is 25.1 Å². The number of nitrogens with one attached hydrogen (secondary N) is 3. The zero-order chi connectivity index (χ0) is 20.5. The molecule has 3 heterocycles. The third kappa shape index (κ3) is 3.66. The van der Waals surface area contributed by atoms with Crippen molar-refractivity contribution in [3.05, 3.63) is 70.0 Å². The Kier molecular flexibility index (Phi) is 4.93. The Labute approximate surface area is 179 Å². The molecule has 0 aliphatic carbocycles. The molecule has 1 aliphatic rings. The van der Waals surface area contributed by atoms with E-state index in [0.717, 1.165) is 38.0 Å². The van der Waals surface area contributed by atoms with Gasteiger partial charge in [0.25, 0.3) is 5.90 Å². The smallest absolute Gasteiger partial charge is 0.254 e. The molecular formula is C20H17N7OS2. The number of oxime groups is 1. The number of aromatic amines is 2. The molecule has 0 spiro atoms. The highest BCUT2D eigenvalue weighted by Crippen LogP contribution is 2.37. The highest BCUT2D eigenvalue weighted by Gasteiger charge is 2.25. The lowest BCUT2D eigenvalue weighted by molar-refractivity contribution is 0.338. The van der Waals surface area contributed by atoms with Gasteiger partial charge in [-0.15, -0.1) is 23.5 Å². The summed E-state index contributed by atoms with van der Waals surface area (Å²) in [5.74, 6) is 3.07. The molecule has 0 radical (unpaired) electrons. The highest BCUT2D eigenvalue weighted by atomic mass is 32.2. The van der Waals surface area contributed by atoms with E-state index in [1.54, 1.807) is 23.5 Å². The van der Waals surface area contributed by atoms with Gasteiger partial charge < -0.3 is 20.5 Å². The number of imidazole rings is 2. The van der Waals surface area contributed by atoms with Crippen molar-refractivity contribution in [2.75, 3.05) is 0 Å². The number of nitrogens with two attached hydrogens (primary N) is 1. The fraction of sp³-hybridized carbons (Fsp3) is 0.100. The Morgan fingerprint density at radius 1 is 0.900 bits per heavy atom. The minimum absolute atomic E-state index is 0.0447. The summed E-state index contributed by atoms with van der Waals surface area (Å²) in [7, 11) is 0. The van der Waals surface area contributed by atoms with Crippen molar-refractivity contribution in [1.29, 1.82) is 5.41 Å². The molecule has 1 aliphatic heterocycles. The lowest BCUT2D eigenvalue weighted by Gasteiger charge is -2.08. The van der Waals surface area contributed by atoms with E-state index in [1.165, 1.54) is 0 Å². The van der Waals surface area contributed by atoms with Crippen molar-refractivity contribution in [2.24, 2.45) is 10.9 Å². The molecule has 2 aromatic carbocycles. The van der Waals surface area contributed by atoms with Crippen LogP contribution in [0.15, 0.2) is 63.5 Å². The lowest BCUT2D eigenvalue weighted by Crippen LogP contribution is -2.15. The number of benzene rings is 2. The lowest BCUT2D eigenvalue weighted by atomic mass is 10.3. The monoisotopic (exact) mass is 435 g/mol. The number of H-pyrrole nitrogens is 2. The van der Waals surface area contributed by atoms with Gasteiger partial charge in [0.15, 0.2) is 5.84 Å². The van der Waals surface area contributed by atoms with Crippen LogP contribution in [-0.4, -0.2) is 31.7 Å². The molecule has 0 amide bonds. The predicted octanol–water partition coefficient (Wildman–Crippen LogP) is 4.10. The van der Waals surface area contributed by atoms with Gasteiger partial charge in [-0.25, -0.2) is 9.97 Å². The molecule has 30 heavy (non-hydrogen) atoms. The van der Waals surface area contributed by atoms with E-state index >= 15 is 0 Å². The number of para-hydroxylation sites is 4. The number of rotatable bonds is 6. The second-order valence-corrected chi connectivity index (χ2v) is 8.77. The quantitative estimate of drug-likeness (QED) is 0.361. The molecule has 0 fully saturated rings. The van der Waals surface area contributed by atoms with E-state index in [4.69, 9.17) is 16.0 Å². The number of nitrogens with zero attached hydrogens (tertiary/aromatic N) is 3. The van der Waals surface area contributed by atoms with E-state index in [-0.39, 0.29) is 11.7 Å². The first-order valence-corrected chi connectivity index (χ1v) is 11.1. The fourth-order valence-electron chi connectivity index (χ4n) is 3.10. The Morgan fingerprint density at radius 3 is 1.90 bits per heavy atom. The zero-order valence-corrected chi connectivity index (χ0v) is 17.3. The average molecular weight is 436 g/mol. The standard InChI is InChI=1S/C20H17N7OS2/c21-18-17(19(22)28-27-18)20(29-9-15-23-11-5-1-2-6-12(11)24-15)30-10-16-25-13-7-3-4-8-14(13)26-16/h1-8,22H,9-10H2,(H2,21,27)(H,23,24)(H,25,26). The van der Waals surface area contributed by atoms with Gasteiger partial charge in [0.2, 0.25) is 0 Å². The van der Waals surface area contributed by atoms with Gasteiger partial charge >= 0.3 is 0 Å². The number of aromatic nitrogens is 4. The second kappa shape index (κ2) is 7.88. The number of hydrogen-bond acceptors (Lipinski definition) is 8. The molecule has 0 saturated heterocycles. The molecule has 0 unspecified atom stereocenters. The van der Waals surface area contributed by atoms with E-state index in [9.17, 15) is 0 Å². The van der Waals surface area contributed by atoms with Gasteiger partial charge in [0, 0.05) is 0 Å². The maximum atomic E-state index is 8.06. The van der Waals surface area contributed by atoms with E-state index in [0.29, 0.717) is 17.1 Å². The summed E-state index contributed by atoms with van der Waals surface area (Å²) in [6.45, 7) is 0. The summed E-state index contributed by atoms with van der Waals surface area (Å²) < 4.78 is 0.847. The summed E-state index contributed by atoms with van der Waals surface area (Å²) in [5.41, 5.74) is 10.3. The number of amidine groups is 1. The molecule has 8 nitrogen and oxygen atoms in total. The highest BCUT2D eigenvalue weighted by molar-refractivity contribution is 8.21. The molecular weight excluding hydrogens is 418 g/mol. The van der Waals surface area contributed by atoms with Crippen LogP contribution in [0.1, 0.15) is 11.6 Å². The van der Waals surface area contributed by atoms with Crippen LogP contribution in [0.3, 0.4) is 0 Å². The minimum atomic E-state index is -0.0447. The first-order valence-electron chi connectivity index (χ1n) is 9.14. The maximum Gasteiger partial charge on any atom is 0.254 e. The summed E-state index contributed by atoms with van der Waals surface area (Å²) in [4.78, 5) is 20.9. The molecule has 5 rings (SSSR count). The van der Waals surface area contributed by atoms with Gasteiger partial charge in [0.1, 0.15) is 17.2 Å². The second-order valence-electron chi connectivity index (χ2n) is 6.54. The number of thioether (sulfide) groups is 2. The summed E-state index contributed by atoms with van der Waals surface area (Å²) in [6, 6.07) is 15.8. The predicted molar refractivity (Wildman–Crippen MR) is 122 cm³/mol. The van der Waals surface area contributed by atoms with Crippen LogP contribution in [0.2, 0.25) is 0 Å². The minimum Gasteiger partial charge on any atom is -0.380 e. The summed E-state index contributed by atoms with van der Waals surface area (Å²) in [6.07, 6.45) is 0. The summed E-state index contributed by atoms with van der Waals surface area (Å²) in [5, 5.41) is 11.8. The third-order valence-electron chi connectivity index (χ3n) is 4.48. The topological polar surface area (TPSA) is 129 Å². The summed E-state index contributed by atoms with van der Waals surface area (Å²) >= 11 is 3.09. The molecule has 10 heteroatoms. The van der Waals surface area contributed by atoms with E-state index in [1.807, 2.05) is 48.5 Å². The largest absolute Gasteiger partial charge is 0.380 e. The van der Waals surface area contributed by atoms with Gasteiger partial charge in [0.05, 0.1) is 37.8 Å². The molecule has 0 bridgehead atoms. The van der Waals surface area contributed by atoms with Crippen LogP contribution < -0.4 is 5.73 Å². The zero-order valence-electron chi connectivity index (χ0n) is 15.7. The first-order chi connectivity index (χ1) is 14.7. The molecule has 0 saturated carbocycles. The Balaban J connectivity index is 1.38. The van der Waals surface area contributed by atoms with Crippen molar-refractivity contribution in [3.63, 3.8) is 0 Å². The molecule has 2 aromatic heterocycles. The van der Waals surface area contributed by atoms with Crippen LogP contribution in [0.4, 0.5) is 0 Å².